The maximum absolute atomic E-state index is 12.3. The van der Waals surface area contributed by atoms with Crippen LogP contribution in [0.1, 0.15) is 0 Å². The Balaban J connectivity index is 1.55. The quantitative estimate of drug-likeness (QED) is 0.563. The molecule has 0 fully saturated rings. The van der Waals surface area contributed by atoms with Crippen molar-refractivity contribution in [2.75, 3.05) is 11.9 Å². The molecule has 1 N–H and O–H groups in total. The van der Waals surface area contributed by atoms with Crippen molar-refractivity contribution < 1.29 is 27.8 Å². The molecule has 9 nitrogen and oxygen atoms in total. The Labute approximate surface area is 172 Å². The minimum Gasteiger partial charge on any atom is -0.454 e. The van der Waals surface area contributed by atoms with Crippen LogP contribution in [0.4, 0.5) is 14.5 Å². The number of nitrogens with zero attached hydrogens (tertiary/aromatic N) is 3. The number of halogens is 3. The van der Waals surface area contributed by atoms with Crippen molar-refractivity contribution in [3.63, 3.8) is 0 Å². The van der Waals surface area contributed by atoms with Gasteiger partial charge in [0.15, 0.2) is 6.61 Å². The molecule has 30 heavy (non-hydrogen) atoms. The third-order valence-corrected chi connectivity index (χ3v) is 4.00. The predicted octanol–water partition coefficient (Wildman–Crippen LogP) is 2.23. The SMILES string of the molecule is O=C(COC(=O)Cn1nnc2ccccc2c1=O)Nc1ccc(OC(F)F)c(Cl)c1. The molecule has 0 aliphatic carbocycles. The lowest BCUT2D eigenvalue weighted by Gasteiger charge is -2.10. The predicted molar refractivity (Wildman–Crippen MR) is 101 cm³/mol. The van der Waals surface area contributed by atoms with E-state index in [2.05, 4.69) is 20.4 Å². The molecule has 0 aliphatic heterocycles. The van der Waals surface area contributed by atoms with Gasteiger partial charge in [0.05, 0.1) is 10.4 Å². The van der Waals surface area contributed by atoms with Crippen molar-refractivity contribution in [1.29, 1.82) is 0 Å². The average Bonchev–Trinajstić information content (AvgIpc) is 2.70. The van der Waals surface area contributed by atoms with Gasteiger partial charge in [0, 0.05) is 5.69 Å². The molecule has 1 heterocycles. The van der Waals surface area contributed by atoms with E-state index in [9.17, 15) is 23.2 Å². The highest BCUT2D eigenvalue weighted by atomic mass is 35.5. The third kappa shape index (κ3) is 5.26. The van der Waals surface area contributed by atoms with Crippen LogP contribution in [-0.2, 0) is 20.9 Å². The summed E-state index contributed by atoms with van der Waals surface area (Å²) in [4.78, 5) is 36.1. The molecule has 1 amide bonds. The van der Waals surface area contributed by atoms with Gasteiger partial charge >= 0.3 is 12.6 Å². The number of esters is 1. The van der Waals surface area contributed by atoms with Crippen molar-refractivity contribution in [1.82, 2.24) is 15.0 Å². The molecule has 0 saturated carbocycles. The number of benzene rings is 2. The van der Waals surface area contributed by atoms with Gasteiger partial charge in [0.25, 0.3) is 11.5 Å². The van der Waals surface area contributed by atoms with Crippen LogP contribution < -0.4 is 15.6 Å². The van der Waals surface area contributed by atoms with Crippen molar-refractivity contribution in [3.8, 4) is 5.75 Å². The van der Waals surface area contributed by atoms with E-state index in [1.54, 1.807) is 24.3 Å². The number of hydrogen-bond donors (Lipinski definition) is 1. The summed E-state index contributed by atoms with van der Waals surface area (Å²) >= 11 is 5.79. The van der Waals surface area contributed by atoms with Gasteiger partial charge in [0.1, 0.15) is 17.8 Å². The molecule has 1 aromatic heterocycles. The van der Waals surface area contributed by atoms with Crippen LogP contribution in [0.3, 0.4) is 0 Å². The number of hydrogen-bond acceptors (Lipinski definition) is 7. The van der Waals surface area contributed by atoms with Gasteiger partial charge in [-0.05, 0) is 30.3 Å². The lowest BCUT2D eigenvalue weighted by atomic mass is 10.2. The molecular weight excluding hydrogens is 426 g/mol. The summed E-state index contributed by atoms with van der Waals surface area (Å²) in [7, 11) is 0. The summed E-state index contributed by atoms with van der Waals surface area (Å²) in [6.07, 6.45) is 0. The highest BCUT2D eigenvalue weighted by molar-refractivity contribution is 6.32. The molecule has 0 aliphatic rings. The Kier molecular flexibility index (Phi) is 6.52. The number of carbonyl (C=O) groups is 2. The zero-order valence-electron chi connectivity index (χ0n) is 15.0. The van der Waals surface area contributed by atoms with Crippen LogP contribution in [0, 0.1) is 0 Å². The van der Waals surface area contributed by atoms with E-state index in [4.69, 9.17) is 16.3 Å². The second-order valence-electron chi connectivity index (χ2n) is 5.80. The number of rotatable bonds is 7. The Bertz CT molecular complexity index is 1150. The Hall–Kier alpha value is -3.60. The standard InChI is InChI=1S/C18H13ClF2N4O5/c19-12-7-10(5-6-14(12)30-18(20)21)22-15(26)9-29-16(27)8-25-17(28)11-3-1-2-4-13(11)23-24-25/h1-7,18H,8-9H2,(H,22,26). The molecule has 3 rings (SSSR count). The second-order valence-corrected chi connectivity index (χ2v) is 6.21. The molecule has 0 saturated heterocycles. The number of carbonyl (C=O) groups excluding carboxylic acids is 2. The number of nitrogens with one attached hydrogen (secondary N) is 1. The summed E-state index contributed by atoms with van der Waals surface area (Å²) in [5, 5.41) is 10.0. The molecule has 0 spiro atoms. The minimum atomic E-state index is -3.04. The lowest BCUT2D eigenvalue weighted by molar-refractivity contribution is -0.148. The average molecular weight is 439 g/mol. The number of amides is 1. The number of anilines is 1. The number of aromatic nitrogens is 3. The van der Waals surface area contributed by atoms with Gasteiger partial charge < -0.3 is 14.8 Å². The zero-order valence-corrected chi connectivity index (χ0v) is 15.8. The van der Waals surface area contributed by atoms with E-state index >= 15 is 0 Å². The van der Waals surface area contributed by atoms with Gasteiger partial charge in [-0.1, -0.05) is 28.9 Å². The van der Waals surface area contributed by atoms with Crippen LogP contribution in [0.25, 0.3) is 10.9 Å². The first-order valence-electron chi connectivity index (χ1n) is 8.36. The van der Waals surface area contributed by atoms with E-state index < -0.39 is 37.2 Å². The van der Waals surface area contributed by atoms with E-state index in [1.807, 2.05) is 0 Å². The van der Waals surface area contributed by atoms with Gasteiger partial charge in [-0.15, -0.1) is 5.10 Å². The first-order chi connectivity index (χ1) is 14.3. The fourth-order valence-corrected chi connectivity index (χ4v) is 2.63. The van der Waals surface area contributed by atoms with Crippen molar-refractivity contribution in [3.05, 3.63) is 57.8 Å². The maximum Gasteiger partial charge on any atom is 0.387 e. The summed E-state index contributed by atoms with van der Waals surface area (Å²) in [6, 6.07) is 10.1. The molecule has 156 valence electrons. The molecule has 0 atom stereocenters. The Morgan fingerprint density at radius 2 is 1.97 bits per heavy atom. The first-order valence-corrected chi connectivity index (χ1v) is 8.73. The Morgan fingerprint density at radius 1 is 1.20 bits per heavy atom. The zero-order chi connectivity index (χ0) is 21.7. The third-order valence-electron chi connectivity index (χ3n) is 3.70. The monoisotopic (exact) mass is 438 g/mol. The van der Waals surface area contributed by atoms with E-state index in [0.717, 1.165) is 10.7 Å². The van der Waals surface area contributed by atoms with Crippen molar-refractivity contribution in [2.24, 2.45) is 0 Å². The summed E-state index contributed by atoms with van der Waals surface area (Å²) < 4.78 is 34.3. The minimum absolute atomic E-state index is 0.139. The van der Waals surface area contributed by atoms with Gasteiger partial charge in [-0.25, -0.2) is 0 Å². The first kappa shape index (κ1) is 21.1. The molecular formula is C18H13ClF2N4O5. The number of ether oxygens (including phenoxy) is 2. The summed E-state index contributed by atoms with van der Waals surface area (Å²) in [5.41, 5.74) is 0.0390. The summed E-state index contributed by atoms with van der Waals surface area (Å²) in [5.74, 6) is -1.84. The second kappa shape index (κ2) is 9.27. The van der Waals surface area contributed by atoms with Crippen molar-refractivity contribution >= 4 is 40.1 Å². The van der Waals surface area contributed by atoms with Crippen LogP contribution in [0.2, 0.25) is 5.02 Å². The summed E-state index contributed by atoms with van der Waals surface area (Å²) in [6.45, 7) is -4.22. The highest BCUT2D eigenvalue weighted by Crippen LogP contribution is 2.28. The van der Waals surface area contributed by atoms with Gasteiger partial charge in [-0.3, -0.25) is 14.4 Å². The molecule has 2 aromatic carbocycles. The van der Waals surface area contributed by atoms with E-state index in [-0.39, 0.29) is 21.8 Å². The normalized spacial score (nSPS) is 10.8. The van der Waals surface area contributed by atoms with Gasteiger partial charge in [0.2, 0.25) is 0 Å². The Morgan fingerprint density at radius 3 is 2.70 bits per heavy atom. The largest absolute Gasteiger partial charge is 0.454 e. The fourth-order valence-electron chi connectivity index (χ4n) is 2.41. The van der Waals surface area contributed by atoms with Crippen LogP contribution >= 0.6 is 11.6 Å². The number of alkyl halides is 2. The smallest absolute Gasteiger partial charge is 0.387 e. The van der Waals surface area contributed by atoms with Gasteiger partial charge in [-0.2, -0.15) is 13.5 Å². The molecule has 0 unspecified atom stereocenters. The highest BCUT2D eigenvalue weighted by Gasteiger charge is 2.14. The van der Waals surface area contributed by atoms with Crippen molar-refractivity contribution in [2.45, 2.75) is 13.2 Å². The van der Waals surface area contributed by atoms with E-state index in [1.165, 1.54) is 12.1 Å². The molecule has 0 radical (unpaired) electrons. The van der Waals surface area contributed by atoms with Crippen LogP contribution in [-0.4, -0.2) is 40.1 Å². The van der Waals surface area contributed by atoms with Crippen LogP contribution in [0.5, 0.6) is 5.75 Å². The fraction of sp³-hybridized carbons (Fsp3) is 0.167. The molecule has 0 bridgehead atoms. The maximum atomic E-state index is 12.3. The lowest BCUT2D eigenvalue weighted by Crippen LogP contribution is -2.30. The van der Waals surface area contributed by atoms with E-state index in [0.29, 0.717) is 5.52 Å². The topological polar surface area (TPSA) is 112 Å². The van der Waals surface area contributed by atoms with Crippen LogP contribution in [0.15, 0.2) is 47.3 Å². The molecule has 3 aromatic rings. The molecule has 12 heteroatoms. The number of fused-ring (bicyclic) bond motifs is 1.